The molecule has 34 N–H and O–H groups in total. The largest absolute Gasteiger partial charge is 0.477 e. The van der Waals surface area contributed by atoms with E-state index in [-0.39, 0.29) is 0 Å². The van der Waals surface area contributed by atoms with Gasteiger partial charge in [-0.1, -0.05) is 0 Å². The molecular weight excluding hydrogens is 1760 g/mol. The topological polar surface area (TPSA) is 939 Å². The molecule has 5 amide bonds. The average Bonchev–Trinajstić information content (AvgIpc) is 0.748. The Bertz CT molecular complexity index is 3720. The fourth-order valence-corrected chi connectivity index (χ4v) is 16.3. The van der Waals surface area contributed by atoms with Gasteiger partial charge < -0.3 is 246 Å². The van der Waals surface area contributed by atoms with Crippen LogP contribution < -0.4 is 26.6 Å². The van der Waals surface area contributed by atoms with Gasteiger partial charge in [0.1, 0.15) is 171 Å². The van der Waals surface area contributed by atoms with Crippen molar-refractivity contribution in [1.82, 2.24) is 26.6 Å². The maximum atomic E-state index is 14.0. The van der Waals surface area contributed by atoms with Gasteiger partial charge in [-0.2, -0.15) is 0 Å². The molecule has 0 aromatic rings. The molecule has 0 saturated carbocycles. The molecule has 0 aromatic carbocycles. The molecule has 58 heteroatoms. The van der Waals surface area contributed by atoms with Crippen LogP contribution in [-0.4, -0.2) is 522 Å². The molecule has 8 rings (SSSR count). The third kappa shape index (κ3) is 23.2. The Balaban J connectivity index is 1.14. The summed E-state index contributed by atoms with van der Waals surface area (Å²) in [5.41, 5.74) is 0. The van der Waals surface area contributed by atoms with Crippen LogP contribution in [0.1, 0.15) is 60.3 Å². The van der Waals surface area contributed by atoms with Gasteiger partial charge in [0.2, 0.25) is 29.5 Å². The number of carboxylic acid groups (broad SMARTS) is 4. The standard InChI is InChI=1S/C70H113N5O53/c1-18(84)71-35-23(89)6-67(63(106)107,123-53(35)40(95)27(93)10-76)121-31(14-80)44(99)55-37(73-20(3)86)24(90)7-68(125-55,64(108)109)122-32(15-81)45(100)56-38(74-21(4)87)26(92)8-69(126-56,65(110)111)127-57-43(98)30(13-79)116-61(48(57)103)120-52-39(75-22(5)88)60(115-29(12-78)42(52)97)119-51-34(17-83)117-62(118-50-33(16-82)114-59(105)47(102)46(50)101)49(104)58(51)128-70(66(112)113)9-25(91)36(72-19(2)85)54(124-70)41(96)28(94)11-77/h23-62,76-83,89-105H,6-17H2,1-5H3,(H,71,84)(H,72,85)(H,73,86)(H,74,87)(H,75,88)(H,106,107)(H,108,109)(H,110,111)(H,112,113)/t23-,24-,25-,26-,27+,28+,29+,30+,31+,32+,33+,34+,35+,36+,37+,38+,39+,40+,41+,42-,43-,44+,45+,46+,47+,48+,49+,50+,51-,52+,53+,54+,55+,56+,57-,58+,59+,60-,61-,62-,67+,68+,69-,70-/m0/s1. The zero-order valence-electron chi connectivity index (χ0n) is 68.3. The van der Waals surface area contributed by atoms with E-state index in [0.29, 0.717) is 0 Å². The van der Waals surface area contributed by atoms with Crippen LogP contribution in [-0.2, 0) is 114 Å². The van der Waals surface area contributed by atoms with Crippen molar-refractivity contribution in [1.29, 1.82) is 0 Å². The van der Waals surface area contributed by atoms with Crippen LogP contribution in [0.25, 0.3) is 0 Å². The Labute approximate surface area is 721 Å². The molecule has 58 nitrogen and oxygen atoms in total. The highest BCUT2D eigenvalue weighted by Gasteiger charge is 2.67. The summed E-state index contributed by atoms with van der Waals surface area (Å²) in [6, 6.07) is -10.4. The SMILES string of the molecule is CC(=O)N[C@H]1[C@H](O[C@@H]2[C@H](O[C@]3(C(=O)O)C[C@H](O)[C@@H](NC(C)=O)[C@H]([C@H](O)[C@H](O)CO)O3)[C@@H](O)[C@H](O[C@H]3[C@H](O)[C@@H](O)[C@H](O)O[C@@H]3CO)O[C@@H]2CO)O[C@H](CO)[C@H](O)[C@@H]1O[C@@H]1O[C@H](CO)[C@H](O)[C@H](O[C@]2(C(=O)O)C[C@H](O)[C@@H](NC(C)=O)[C@H]([C@H](O)[C@@H](CO)O[C@]3(C(=O)O)C[C@H](O)[C@@H](NC(C)=O)[C@H]([C@H](O)[C@@H](CO)O[C@]4(C(=O)O)C[C@H](O)[C@@H](NC(C)=O)[C@H]([C@H](O)[C@H](O)CO)O4)O3)O2)[C@H]1O. The fourth-order valence-electron chi connectivity index (χ4n) is 16.3. The van der Waals surface area contributed by atoms with Crippen molar-refractivity contribution < 1.29 is 262 Å². The second kappa shape index (κ2) is 44.7. The molecule has 8 fully saturated rings. The summed E-state index contributed by atoms with van der Waals surface area (Å²) in [6.45, 7) is -7.15. The molecule has 0 bridgehead atoms. The number of aliphatic carboxylic acids is 4. The van der Waals surface area contributed by atoms with Gasteiger partial charge in [0, 0.05) is 60.3 Å². The summed E-state index contributed by atoms with van der Waals surface area (Å²) in [4.78, 5) is 119. The lowest BCUT2D eigenvalue weighted by molar-refractivity contribution is -0.404. The number of aliphatic hydroxyl groups excluding tert-OH is 25. The predicted octanol–water partition coefficient (Wildman–Crippen LogP) is -20.9. The summed E-state index contributed by atoms with van der Waals surface area (Å²) >= 11 is 0. The third-order valence-electron chi connectivity index (χ3n) is 22.6. The fraction of sp³-hybridized carbons (Fsp3) is 0.871. The Morgan fingerprint density at radius 3 is 0.953 bits per heavy atom. The van der Waals surface area contributed by atoms with Crippen molar-refractivity contribution >= 4 is 53.4 Å². The van der Waals surface area contributed by atoms with Crippen molar-refractivity contribution in [2.24, 2.45) is 0 Å². The molecule has 8 saturated heterocycles. The first-order chi connectivity index (χ1) is 59.9. The monoisotopic (exact) mass is 1870 g/mol. The van der Waals surface area contributed by atoms with Crippen molar-refractivity contribution in [2.45, 2.75) is 328 Å². The predicted molar refractivity (Wildman–Crippen MR) is 391 cm³/mol. The van der Waals surface area contributed by atoms with E-state index < -0.39 is 400 Å². The number of hydrogen-bond acceptors (Lipinski definition) is 49. The molecule has 0 aromatic heterocycles. The summed E-state index contributed by atoms with van der Waals surface area (Å²) in [6.07, 6.45) is -91.5. The summed E-state index contributed by atoms with van der Waals surface area (Å²) in [5, 5.41) is 335. The Kier molecular flexibility index (Phi) is 37.3. The van der Waals surface area contributed by atoms with Crippen molar-refractivity contribution in [3.63, 3.8) is 0 Å². The molecule has 0 aliphatic carbocycles. The molecule has 8 aliphatic heterocycles. The lowest BCUT2D eigenvalue weighted by atomic mass is 9.86. The number of ether oxygens (including phenoxy) is 15. The first-order valence-corrected chi connectivity index (χ1v) is 39.6. The molecule has 0 spiro atoms. The highest BCUT2D eigenvalue weighted by Crippen LogP contribution is 2.45. The van der Waals surface area contributed by atoms with Gasteiger partial charge in [-0.05, 0) is 0 Å². The van der Waals surface area contributed by atoms with Gasteiger partial charge in [0.05, 0.1) is 101 Å². The quantitative estimate of drug-likeness (QED) is 0.0272. The smallest absolute Gasteiger partial charge is 0.364 e. The Hall–Kier alpha value is -6.37. The minimum atomic E-state index is -3.75. The number of carbonyl (C=O) groups is 9. The van der Waals surface area contributed by atoms with Crippen LogP contribution in [0.3, 0.4) is 0 Å². The molecule has 128 heavy (non-hydrogen) atoms. The van der Waals surface area contributed by atoms with Gasteiger partial charge in [-0.15, -0.1) is 0 Å². The van der Waals surface area contributed by atoms with E-state index in [1.165, 1.54) is 0 Å². The molecule has 8 heterocycles. The maximum Gasteiger partial charge on any atom is 0.364 e. The normalized spacial score (nSPS) is 42.5. The molecule has 44 atom stereocenters. The number of hydrogen-bond donors (Lipinski definition) is 34. The highest BCUT2D eigenvalue weighted by atomic mass is 16.8. The Morgan fingerprint density at radius 1 is 0.320 bits per heavy atom. The molecule has 8 aliphatic rings. The molecule has 0 unspecified atom stereocenters. The lowest BCUT2D eigenvalue weighted by Gasteiger charge is -2.53. The number of nitrogens with one attached hydrogen (secondary N) is 5. The molecule has 736 valence electrons. The first kappa shape index (κ1) is 107. The van der Waals surface area contributed by atoms with E-state index in [1.54, 1.807) is 0 Å². The maximum absolute atomic E-state index is 14.0. The third-order valence-corrected chi connectivity index (χ3v) is 22.6. The van der Waals surface area contributed by atoms with Crippen LogP contribution in [0.4, 0.5) is 0 Å². The minimum Gasteiger partial charge on any atom is -0.477 e. The van der Waals surface area contributed by atoms with Crippen LogP contribution in [0.15, 0.2) is 0 Å². The van der Waals surface area contributed by atoms with Crippen LogP contribution in [0.2, 0.25) is 0 Å². The number of carbonyl (C=O) groups excluding carboxylic acids is 5. The number of amides is 5. The summed E-state index contributed by atoms with van der Waals surface area (Å²) in [7, 11) is 0. The highest BCUT2D eigenvalue weighted by molar-refractivity contribution is 5.79. The van der Waals surface area contributed by atoms with E-state index in [9.17, 15) is 191 Å². The van der Waals surface area contributed by atoms with Crippen LogP contribution in [0.5, 0.6) is 0 Å². The molecular formula is C70H113N5O53. The van der Waals surface area contributed by atoms with Gasteiger partial charge in [0.15, 0.2) is 25.2 Å². The van der Waals surface area contributed by atoms with E-state index >= 15 is 0 Å². The van der Waals surface area contributed by atoms with Crippen molar-refractivity contribution in [3.05, 3.63) is 0 Å². The summed E-state index contributed by atoms with van der Waals surface area (Å²) in [5.74, 6) is -29.2. The van der Waals surface area contributed by atoms with E-state index in [1.807, 2.05) is 0 Å². The second-order valence-electron chi connectivity index (χ2n) is 31.8. The molecule has 0 radical (unpaired) electrons. The lowest BCUT2D eigenvalue weighted by Crippen LogP contribution is -2.73. The van der Waals surface area contributed by atoms with Crippen molar-refractivity contribution in [3.8, 4) is 0 Å². The zero-order valence-corrected chi connectivity index (χ0v) is 68.3. The Morgan fingerprint density at radius 2 is 0.609 bits per heavy atom. The first-order valence-electron chi connectivity index (χ1n) is 39.6. The van der Waals surface area contributed by atoms with E-state index in [2.05, 4.69) is 26.6 Å². The minimum absolute atomic E-state index is 0.777. The van der Waals surface area contributed by atoms with E-state index in [4.69, 9.17) is 71.1 Å². The number of aliphatic hydroxyl groups is 25. The van der Waals surface area contributed by atoms with Crippen LogP contribution >= 0.6 is 0 Å². The van der Waals surface area contributed by atoms with Gasteiger partial charge >= 0.3 is 23.9 Å². The van der Waals surface area contributed by atoms with E-state index in [0.717, 1.165) is 34.6 Å². The number of carboxylic acids is 4. The average molecular weight is 1870 g/mol. The zero-order chi connectivity index (χ0) is 95.9. The van der Waals surface area contributed by atoms with Gasteiger partial charge in [-0.3, -0.25) is 24.0 Å². The summed E-state index contributed by atoms with van der Waals surface area (Å²) < 4.78 is 87.3. The van der Waals surface area contributed by atoms with Crippen molar-refractivity contribution in [2.75, 3.05) is 52.9 Å². The van der Waals surface area contributed by atoms with Gasteiger partial charge in [0.25, 0.3) is 23.1 Å². The van der Waals surface area contributed by atoms with Crippen LogP contribution in [0, 0.1) is 0 Å². The number of rotatable bonds is 39. The van der Waals surface area contributed by atoms with Gasteiger partial charge in [-0.25, -0.2) is 19.2 Å². The second-order valence-corrected chi connectivity index (χ2v) is 31.8.